The molecule has 1 aliphatic rings. The molecule has 1 heterocycles. The van der Waals surface area contributed by atoms with Gasteiger partial charge in [0.25, 0.3) is 0 Å². The number of hydrogen-bond acceptors (Lipinski definition) is 2. The van der Waals surface area contributed by atoms with Crippen LogP contribution in [-0.4, -0.2) is 29.5 Å². The largest absolute Gasteiger partial charge is 0.387 e. The molecule has 0 aromatic carbocycles. The highest BCUT2D eigenvalue weighted by Gasteiger charge is 2.46. The molecule has 1 atom stereocenters. The van der Waals surface area contributed by atoms with Gasteiger partial charge in [0.2, 0.25) is 0 Å². The lowest BCUT2D eigenvalue weighted by molar-refractivity contribution is -0.0658. The Labute approximate surface area is 60.4 Å². The van der Waals surface area contributed by atoms with Crippen LogP contribution in [0.15, 0.2) is 0 Å². The first-order valence-electron chi connectivity index (χ1n) is 3.58. The molecule has 2 nitrogen and oxygen atoms in total. The lowest BCUT2D eigenvalue weighted by Gasteiger charge is -2.31. The molecular formula is C7H14FNO. The van der Waals surface area contributed by atoms with E-state index in [9.17, 15) is 9.50 Å². The van der Waals surface area contributed by atoms with E-state index in [1.165, 1.54) is 13.8 Å². The molecule has 1 aliphatic heterocycles. The summed E-state index contributed by atoms with van der Waals surface area (Å²) in [6.45, 7) is 3.97. The number of hydrogen-bond donors (Lipinski definition) is 2. The van der Waals surface area contributed by atoms with Gasteiger partial charge in [0, 0.05) is 6.54 Å². The van der Waals surface area contributed by atoms with Crippen LogP contribution in [0.5, 0.6) is 0 Å². The zero-order valence-electron chi connectivity index (χ0n) is 6.45. The standard InChI is InChI=1S/C7H14FNO/c1-6(2,10)7(8)3-4-9-5-7/h9-10H,3-5H2,1-2H3. The Morgan fingerprint density at radius 1 is 1.60 bits per heavy atom. The first-order valence-corrected chi connectivity index (χ1v) is 3.58. The van der Waals surface area contributed by atoms with Crippen LogP contribution >= 0.6 is 0 Å². The van der Waals surface area contributed by atoms with Crippen LogP contribution in [0.2, 0.25) is 0 Å². The summed E-state index contributed by atoms with van der Waals surface area (Å²) in [7, 11) is 0. The monoisotopic (exact) mass is 147 g/mol. The number of alkyl halides is 1. The van der Waals surface area contributed by atoms with Gasteiger partial charge in [-0.2, -0.15) is 0 Å². The van der Waals surface area contributed by atoms with E-state index in [1.54, 1.807) is 0 Å². The molecule has 0 aromatic rings. The molecule has 0 saturated carbocycles. The molecule has 0 radical (unpaired) electrons. The molecule has 0 aliphatic carbocycles. The quantitative estimate of drug-likeness (QED) is 0.564. The highest BCUT2D eigenvalue weighted by molar-refractivity contribution is 5.00. The van der Waals surface area contributed by atoms with Crippen molar-refractivity contribution in [3.05, 3.63) is 0 Å². The van der Waals surface area contributed by atoms with Crippen molar-refractivity contribution in [3.63, 3.8) is 0 Å². The highest BCUT2D eigenvalue weighted by Crippen LogP contribution is 2.31. The van der Waals surface area contributed by atoms with Crippen molar-refractivity contribution in [3.8, 4) is 0 Å². The normalized spacial score (nSPS) is 34.8. The number of nitrogens with one attached hydrogen (secondary N) is 1. The second-order valence-corrected chi connectivity index (χ2v) is 3.45. The van der Waals surface area contributed by atoms with E-state index in [0.717, 1.165) is 0 Å². The molecule has 2 N–H and O–H groups in total. The summed E-state index contributed by atoms with van der Waals surface area (Å²) < 4.78 is 13.5. The maximum absolute atomic E-state index is 13.5. The molecule has 1 fully saturated rings. The summed E-state index contributed by atoms with van der Waals surface area (Å²) in [6.07, 6.45) is 0.413. The molecule has 60 valence electrons. The van der Waals surface area contributed by atoms with E-state index in [-0.39, 0.29) is 6.54 Å². The minimum absolute atomic E-state index is 0.274. The molecule has 10 heavy (non-hydrogen) atoms. The first-order chi connectivity index (χ1) is 4.46. The van der Waals surface area contributed by atoms with Crippen LogP contribution < -0.4 is 5.32 Å². The second-order valence-electron chi connectivity index (χ2n) is 3.45. The summed E-state index contributed by atoms with van der Waals surface area (Å²) in [5, 5.41) is 12.2. The van der Waals surface area contributed by atoms with Crippen molar-refractivity contribution >= 4 is 0 Å². The summed E-state index contributed by atoms with van der Waals surface area (Å²) in [5.74, 6) is 0. The van der Waals surface area contributed by atoms with E-state index < -0.39 is 11.3 Å². The van der Waals surface area contributed by atoms with Crippen LogP contribution in [0.4, 0.5) is 4.39 Å². The number of halogens is 1. The molecule has 0 spiro atoms. The van der Waals surface area contributed by atoms with Gasteiger partial charge in [0.05, 0.1) is 5.60 Å². The van der Waals surface area contributed by atoms with Crippen LogP contribution in [0.3, 0.4) is 0 Å². The molecule has 3 heteroatoms. The van der Waals surface area contributed by atoms with Gasteiger partial charge in [-0.3, -0.25) is 0 Å². The third kappa shape index (κ3) is 1.16. The van der Waals surface area contributed by atoms with Gasteiger partial charge in [0.1, 0.15) is 0 Å². The van der Waals surface area contributed by atoms with E-state index in [2.05, 4.69) is 5.32 Å². The first kappa shape index (κ1) is 7.95. The highest BCUT2D eigenvalue weighted by atomic mass is 19.1. The van der Waals surface area contributed by atoms with Crippen molar-refractivity contribution in [1.29, 1.82) is 0 Å². The van der Waals surface area contributed by atoms with Gasteiger partial charge in [-0.05, 0) is 26.8 Å². The Morgan fingerprint density at radius 2 is 2.20 bits per heavy atom. The SMILES string of the molecule is CC(C)(O)C1(F)CCNC1. The maximum Gasteiger partial charge on any atom is 0.152 e. The van der Waals surface area contributed by atoms with Crippen LogP contribution in [0.25, 0.3) is 0 Å². The lowest BCUT2D eigenvalue weighted by atomic mass is 9.87. The average molecular weight is 147 g/mol. The van der Waals surface area contributed by atoms with Crippen molar-refractivity contribution < 1.29 is 9.50 Å². The minimum Gasteiger partial charge on any atom is -0.387 e. The molecule has 0 aromatic heterocycles. The zero-order valence-corrected chi connectivity index (χ0v) is 6.45. The average Bonchev–Trinajstić information content (AvgIpc) is 2.13. The summed E-state index contributed by atoms with van der Waals surface area (Å²) in [4.78, 5) is 0. The Balaban J connectivity index is 2.67. The van der Waals surface area contributed by atoms with Gasteiger partial charge >= 0.3 is 0 Å². The fourth-order valence-corrected chi connectivity index (χ4v) is 1.18. The summed E-state index contributed by atoms with van der Waals surface area (Å²) in [5.41, 5.74) is -2.64. The third-order valence-corrected chi connectivity index (χ3v) is 2.20. The van der Waals surface area contributed by atoms with Gasteiger partial charge in [-0.1, -0.05) is 0 Å². The summed E-state index contributed by atoms with van der Waals surface area (Å²) in [6, 6.07) is 0. The molecule has 0 amide bonds. The molecule has 1 saturated heterocycles. The number of rotatable bonds is 1. The van der Waals surface area contributed by atoms with Gasteiger partial charge in [-0.15, -0.1) is 0 Å². The third-order valence-electron chi connectivity index (χ3n) is 2.20. The van der Waals surface area contributed by atoms with E-state index in [0.29, 0.717) is 13.0 Å². The molecular weight excluding hydrogens is 133 g/mol. The smallest absolute Gasteiger partial charge is 0.152 e. The van der Waals surface area contributed by atoms with Crippen molar-refractivity contribution in [2.45, 2.75) is 31.5 Å². The lowest BCUT2D eigenvalue weighted by Crippen LogP contribution is -2.47. The topological polar surface area (TPSA) is 32.3 Å². The van der Waals surface area contributed by atoms with Gasteiger partial charge in [-0.25, -0.2) is 4.39 Å². The maximum atomic E-state index is 13.5. The van der Waals surface area contributed by atoms with Crippen LogP contribution in [0.1, 0.15) is 20.3 Å². The van der Waals surface area contributed by atoms with Gasteiger partial charge in [0.15, 0.2) is 5.67 Å². The van der Waals surface area contributed by atoms with E-state index >= 15 is 0 Å². The number of aliphatic hydroxyl groups is 1. The Hall–Kier alpha value is -0.150. The van der Waals surface area contributed by atoms with Crippen molar-refractivity contribution in [1.82, 2.24) is 5.32 Å². The Bertz CT molecular complexity index is 124. The van der Waals surface area contributed by atoms with E-state index in [1.807, 2.05) is 0 Å². The fourth-order valence-electron chi connectivity index (χ4n) is 1.18. The Morgan fingerprint density at radius 3 is 2.40 bits per heavy atom. The Kier molecular flexibility index (Phi) is 1.73. The summed E-state index contributed by atoms with van der Waals surface area (Å²) >= 11 is 0. The molecule has 1 rings (SSSR count). The van der Waals surface area contributed by atoms with E-state index in [4.69, 9.17) is 0 Å². The molecule has 1 unspecified atom stereocenters. The minimum atomic E-state index is -1.42. The van der Waals surface area contributed by atoms with Crippen LogP contribution in [0, 0.1) is 0 Å². The molecule has 0 bridgehead atoms. The van der Waals surface area contributed by atoms with Gasteiger partial charge < -0.3 is 10.4 Å². The predicted octanol–water partition coefficient (Wildman–Crippen LogP) is 0.459. The van der Waals surface area contributed by atoms with Crippen LogP contribution in [-0.2, 0) is 0 Å². The predicted molar refractivity (Wildman–Crippen MR) is 37.6 cm³/mol. The fraction of sp³-hybridized carbons (Fsp3) is 1.00. The zero-order chi connectivity index (χ0) is 7.83. The van der Waals surface area contributed by atoms with Crippen molar-refractivity contribution in [2.24, 2.45) is 0 Å². The second kappa shape index (κ2) is 2.17. The van der Waals surface area contributed by atoms with Crippen molar-refractivity contribution in [2.75, 3.05) is 13.1 Å².